The number of hydrogen-bond acceptors (Lipinski definition) is 3. The minimum Gasteiger partial charge on any atom is -0.466 e. The number of likely N-dealkylation sites (N-methyl/N-ethyl adjacent to an activating group) is 1. The summed E-state index contributed by atoms with van der Waals surface area (Å²) in [7, 11) is 3.51. The summed E-state index contributed by atoms with van der Waals surface area (Å²) in [6.45, 7) is 1.84. The zero-order chi connectivity index (χ0) is 10.1. The first-order valence-corrected chi connectivity index (χ1v) is 5.21. The number of methoxy groups -OCH3 is 1. The van der Waals surface area contributed by atoms with Gasteiger partial charge in [0, 0.05) is 13.1 Å². The topological polar surface area (TPSA) is 29.5 Å². The summed E-state index contributed by atoms with van der Waals surface area (Å²) in [5.74, 6) is 0.566. The summed E-state index contributed by atoms with van der Waals surface area (Å²) < 4.78 is 4.82. The normalized spacial score (nSPS) is 23.9. The lowest BCUT2D eigenvalue weighted by molar-refractivity contribution is -0.136. The Hall–Kier alpha value is -0.830. The van der Waals surface area contributed by atoms with Crippen molar-refractivity contribution in [3.05, 3.63) is 11.1 Å². The molecule has 1 heterocycles. The van der Waals surface area contributed by atoms with Crippen LogP contribution in [-0.2, 0) is 9.53 Å². The van der Waals surface area contributed by atoms with Gasteiger partial charge in [-0.25, -0.2) is 4.79 Å². The third-order valence-corrected chi connectivity index (χ3v) is 3.08. The second-order valence-electron chi connectivity index (χ2n) is 4.26. The molecule has 0 aromatic carbocycles. The van der Waals surface area contributed by atoms with Crippen LogP contribution >= 0.6 is 0 Å². The Balaban J connectivity index is 2.21. The third-order valence-electron chi connectivity index (χ3n) is 3.08. The van der Waals surface area contributed by atoms with E-state index in [2.05, 4.69) is 4.90 Å². The summed E-state index contributed by atoms with van der Waals surface area (Å²) in [6, 6.07) is 0. The number of esters is 1. The van der Waals surface area contributed by atoms with Crippen LogP contribution in [-0.4, -0.2) is 38.1 Å². The van der Waals surface area contributed by atoms with Gasteiger partial charge in [0.1, 0.15) is 0 Å². The number of nitrogens with zero attached hydrogens (tertiary/aromatic N) is 1. The van der Waals surface area contributed by atoms with Gasteiger partial charge in [0.15, 0.2) is 0 Å². The van der Waals surface area contributed by atoms with E-state index in [1.54, 1.807) is 0 Å². The predicted molar refractivity (Wildman–Crippen MR) is 53.9 cm³/mol. The highest BCUT2D eigenvalue weighted by atomic mass is 16.5. The SMILES string of the molecule is COC(=O)C1=C(C2CC2)CCN(C)C1. The van der Waals surface area contributed by atoms with Gasteiger partial charge in [0.25, 0.3) is 0 Å². The average Bonchev–Trinajstić information content (AvgIpc) is 3.00. The fourth-order valence-corrected chi connectivity index (χ4v) is 2.11. The number of carbonyl (C=O) groups excluding carboxylic acids is 1. The van der Waals surface area contributed by atoms with Crippen molar-refractivity contribution in [2.45, 2.75) is 19.3 Å². The smallest absolute Gasteiger partial charge is 0.335 e. The largest absolute Gasteiger partial charge is 0.466 e. The van der Waals surface area contributed by atoms with Crippen molar-refractivity contribution in [2.75, 3.05) is 27.2 Å². The van der Waals surface area contributed by atoms with Gasteiger partial charge in [-0.05, 0) is 32.2 Å². The lowest BCUT2D eigenvalue weighted by Gasteiger charge is -2.26. The average molecular weight is 195 g/mol. The minimum atomic E-state index is -0.126. The summed E-state index contributed by atoms with van der Waals surface area (Å²) in [6.07, 6.45) is 3.57. The molecule has 0 bridgehead atoms. The highest BCUT2D eigenvalue weighted by Crippen LogP contribution is 2.41. The second-order valence-corrected chi connectivity index (χ2v) is 4.26. The summed E-state index contributed by atoms with van der Waals surface area (Å²) in [5, 5.41) is 0. The van der Waals surface area contributed by atoms with Crippen LogP contribution in [0.15, 0.2) is 11.1 Å². The first-order chi connectivity index (χ1) is 6.72. The molecule has 0 N–H and O–H groups in total. The zero-order valence-corrected chi connectivity index (χ0v) is 8.88. The van der Waals surface area contributed by atoms with Gasteiger partial charge in [-0.2, -0.15) is 0 Å². The molecule has 0 radical (unpaired) electrons. The van der Waals surface area contributed by atoms with Gasteiger partial charge in [0.05, 0.1) is 12.7 Å². The quantitative estimate of drug-likeness (QED) is 0.620. The fraction of sp³-hybridized carbons (Fsp3) is 0.727. The molecule has 1 fully saturated rings. The van der Waals surface area contributed by atoms with Crippen LogP contribution < -0.4 is 0 Å². The van der Waals surface area contributed by atoms with Crippen molar-refractivity contribution in [1.82, 2.24) is 4.90 Å². The highest BCUT2D eigenvalue weighted by molar-refractivity contribution is 5.90. The number of hydrogen-bond donors (Lipinski definition) is 0. The standard InChI is InChI=1S/C11H17NO2/c1-12-6-5-9(8-3-4-8)10(7-12)11(13)14-2/h8H,3-7H2,1-2H3. The Morgan fingerprint density at radius 1 is 1.50 bits per heavy atom. The van der Waals surface area contributed by atoms with Crippen molar-refractivity contribution in [1.29, 1.82) is 0 Å². The Labute approximate surface area is 84.7 Å². The molecular formula is C11H17NO2. The van der Waals surface area contributed by atoms with E-state index in [-0.39, 0.29) is 5.97 Å². The molecule has 0 unspecified atom stereocenters. The molecular weight excluding hydrogens is 178 g/mol. The van der Waals surface area contributed by atoms with E-state index in [9.17, 15) is 4.79 Å². The maximum atomic E-state index is 11.5. The second kappa shape index (κ2) is 3.73. The van der Waals surface area contributed by atoms with Crippen LogP contribution in [0.1, 0.15) is 19.3 Å². The van der Waals surface area contributed by atoms with Gasteiger partial charge < -0.3 is 9.64 Å². The van der Waals surface area contributed by atoms with E-state index < -0.39 is 0 Å². The van der Waals surface area contributed by atoms with Gasteiger partial charge in [-0.3, -0.25) is 0 Å². The van der Waals surface area contributed by atoms with E-state index >= 15 is 0 Å². The number of carbonyl (C=O) groups is 1. The van der Waals surface area contributed by atoms with Crippen molar-refractivity contribution >= 4 is 5.97 Å². The summed E-state index contributed by atoms with van der Waals surface area (Å²) in [5.41, 5.74) is 2.29. The first kappa shape index (κ1) is 9.71. The fourth-order valence-electron chi connectivity index (χ4n) is 2.11. The molecule has 2 aliphatic rings. The van der Waals surface area contributed by atoms with Crippen LogP contribution in [0.4, 0.5) is 0 Å². The molecule has 2 rings (SSSR count). The molecule has 0 aromatic rings. The van der Waals surface area contributed by atoms with E-state index in [0.29, 0.717) is 5.92 Å². The van der Waals surface area contributed by atoms with Gasteiger partial charge in [-0.1, -0.05) is 5.57 Å². The molecule has 0 saturated heterocycles. The molecule has 0 atom stereocenters. The van der Waals surface area contributed by atoms with Crippen LogP contribution in [0.2, 0.25) is 0 Å². The lowest BCUT2D eigenvalue weighted by Crippen LogP contribution is -2.31. The van der Waals surface area contributed by atoms with E-state index in [0.717, 1.165) is 25.1 Å². The van der Waals surface area contributed by atoms with Gasteiger partial charge in [0.2, 0.25) is 0 Å². The number of rotatable bonds is 2. The highest BCUT2D eigenvalue weighted by Gasteiger charge is 2.33. The zero-order valence-electron chi connectivity index (χ0n) is 8.88. The number of ether oxygens (including phenoxy) is 1. The summed E-state index contributed by atoms with van der Waals surface area (Å²) >= 11 is 0. The molecule has 3 heteroatoms. The molecule has 14 heavy (non-hydrogen) atoms. The van der Waals surface area contributed by atoms with Gasteiger partial charge >= 0.3 is 5.97 Å². The molecule has 0 spiro atoms. The van der Waals surface area contributed by atoms with Crippen LogP contribution in [0.5, 0.6) is 0 Å². The van der Waals surface area contributed by atoms with Crippen LogP contribution in [0.3, 0.4) is 0 Å². The predicted octanol–water partition coefficient (Wildman–Crippen LogP) is 1.20. The first-order valence-electron chi connectivity index (χ1n) is 5.21. The van der Waals surface area contributed by atoms with Crippen molar-refractivity contribution < 1.29 is 9.53 Å². The Kier molecular flexibility index (Phi) is 2.59. The Morgan fingerprint density at radius 2 is 2.21 bits per heavy atom. The van der Waals surface area contributed by atoms with Crippen LogP contribution in [0, 0.1) is 5.92 Å². The molecule has 0 amide bonds. The van der Waals surface area contributed by atoms with Gasteiger partial charge in [-0.15, -0.1) is 0 Å². The lowest BCUT2D eigenvalue weighted by atomic mass is 9.96. The molecule has 1 aliphatic heterocycles. The van der Waals surface area contributed by atoms with E-state index in [1.165, 1.54) is 25.5 Å². The maximum absolute atomic E-state index is 11.5. The molecule has 0 aromatic heterocycles. The Morgan fingerprint density at radius 3 is 2.79 bits per heavy atom. The van der Waals surface area contributed by atoms with Crippen molar-refractivity contribution in [2.24, 2.45) is 5.92 Å². The van der Waals surface area contributed by atoms with E-state index in [4.69, 9.17) is 4.74 Å². The van der Waals surface area contributed by atoms with Crippen LogP contribution in [0.25, 0.3) is 0 Å². The van der Waals surface area contributed by atoms with E-state index in [1.807, 2.05) is 7.05 Å². The monoisotopic (exact) mass is 195 g/mol. The maximum Gasteiger partial charge on any atom is 0.335 e. The van der Waals surface area contributed by atoms with Crippen molar-refractivity contribution in [3.8, 4) is 0 Å². The minimum absolute atomic E-state index is 0.126. The summed E-state index contributed by atoms with van der Waals surface area (Å²) in [4.78, 5) is 13.7. The molecule has 1 aliphatic carbocycles. The molecule has 78 valence electrons. The molecule has 3 nitrogen and oxygen atoms in total. The third kappa shape index (κ3) is 1.82. The van der Waals surface area contributed by atoms with Crippen molar-refractivity contribution in [3.63, 3.8) is 0 Å². The Bertz CT molecular complexity index is 279. The molecule has 1 saturated carbocycles.